The van der Waals surface area contributed by atoms with Crippen LogP contribution in [0.5, 0.6) is 0 Å². The Balaban J connectivity index is 2.04. The van der Waals surface area contributed by atoms with Gasteiger partial charge in [-0.05, 0) is 33.4 Å². The minimum Gasteiger partial charge on any atom is -0.354 e. The third-order valence-corrected chi connectivity index (χ3v) is 3.78. The van der Waals surface area contributed by atoms with Gasteiger partial charge in [0, 0.05) is 33.2 Å². The van der Waals surface area contributed by atoms with Crippen LogP contribution in [0.2, 0.25) is 0 Å². The molecule has 1 aromatic heterocycles. The van der Waals surface area contributed by atoms with E-state index in [1.807, 2.05) is 25.9 Å². The van der Waals surface area contributed by atoms with Gasteiger partial charge in [-0.25, -0.2) is 0 Å². The second-order valence-electron chi connectivity index (χ2n) is 5.72. The molecule has 2 rings (SSSR count). The number of piperidine rings is 1. The summed E-state index contributed by atoms with van der Waals surface area (Å²) >= 11 is 0. The van der Waals surface area contributed by atoms with Crippen LogP contribution in [0.3, 0.4) is 0 Å². The van der Waals surface area contributed by atoms with E-state index in [-0.39, 0.29) is 0 Å². The summed E-state index contributed by atoms with van der Waals surface area (Å²) in [6, 6.07) is 0.556. The van der Waals surface area contributed by atoms with Crippen LogP contribution in [0.4, 0.5) is 17.8 Å². The van der Waals surface area contributed by atoms with Crippen molar-refractivity contribution in [2.45, 2.75) is 32.2 Å². The molecule has 1 aromatic rings. The lowest BCUT2D eigenvalue weighted by Gasteiger charge is -2.32. The summed E-state index contributed by atoms with van der Waals surface area (Å²) in [5, 5.41) is 6.52. The Morgan fingerprint density at radius 2 is 1.86 bits per heavy atom. The van der Waals surface area contributed by atoms with Crippen LogP contribution in [0, 0.1) is 0 Å². The van der Waals surface area contributed by atoms with Crippen LogP contribution in [-0.4, -0.2) is 66.7 Å². The first-order valence-electron chi connectivity index (χ1n) is 7.71. The van der Waals surface area contributed by atoms with Crippen molar-refractivity contribution in [2.24, 2.45) is 0 Å². The summed E-state index contributed by atoms with van der Waals surface area (Å²) in [5.41, 5.74) is 0. The minimum atomic E-state index is 0.556. The zero-order chi connectivity index (χ0) is 15.2. The summed E-state index contributed by atoms with van der Waals surface area (Å²) in [7, 11) is 6.06. The summed E-state index contributed by atoms with van der Waals surface area (Å²) < 4.78 is 0. The Bertz CT molecular complexity index is 449. The van der Waals surface area contributed by atoms with Gasteiger partial charge in [-0.15, -0.1) is 0 Å². The van der Waals surface area contributed by atoms with Crippen molar-refractivity contribution in [2.75, 3.05) is 56.3 Å². The van der Waals surface area contributed by atoms with Crippen molar-refractivity contribution < 1.29 is 0 Å². The number of likely N-dealkylation sites (tertiary alicyclic amines) is 1. The largest absolute Gasteiger partial charge is 0.354 e. The van der Waals surface area contributed by atoms with Gasteiger partial charge in [0.1, 0.15) is 0 Å². The smallest absolute Gasteiger partial charge is 0.231 e. The van der Waals surface area contributed by atoms with E-state index >= 15 is 0 Å². The molecule has 1 aliphatic heterocycles. The van der Waals surface area contributed by atoms with Gasteiger partial charge in [0.05, 0.1) is 0 Å². The van der Waals surface area contributed by atoms with E-state index in [1.165, 1.54) is 25.8 Å². The number of nitrogens with zero attached hydrogens (tertiary/aromatic N) is 5. The van der Waals surface area contributed by atoms with Crippen molar-refractivity contribution in [1.29, 1.82) is 0 Å². The number of nitrogens with one attached hydrogen (secondary N) is 2. The molecule has 0 aliphatic carbocycles. The average molecular weight is 293 g/mol. The molecule has 0 radical (unpaired) electrons. The number of hydrogen-bond acceptors (Lipinski definition) is 7. The van der Waals surface area contributed by atoms with Crippen molar-refractivity contribution in [3.05, 3.63) is 0 Å². The first-order valence-corrected chi connectivity index (χ1v) is 7.71. The second kappa shape index (κ2) is 7.40. The monoisotopic (exact) mass is 293 g/mol. The Hall–Kier alpha value is -1.63. The standard InChI is InChI=1S/C14H27N7/c1-5-15-12-17-13(19-14(18-12)20(2)3)16-10-11-8-6-7-9-21(11)4/h11H,5-10H2,1-4H3,(H2,15,16,17,18,19). The Morgan fingerprint density at radius 1 is 1.14 bits per heavy atom. The predicted octanol–water partition coefficient (Wildman–Crippen LogP) is 1.27. The van der Waals surface area contributed by atoms with Crippen LogP contribution in [-0.2, 0) is 0 Å². The van der Waals surface area contributed by atoms with Crippen LogP contribution >= 0.6 is 0 Å². The van der Waals surface area contributed by atoms with E-state index in [4.69, 9.17) is 0 Å². The molecule has 1 saturated heterocycles. The Morgan fingerprint density at radius 3 is 2.48 bits per heavy atom. The topological polar surface area (TPSA) is 69.2 Å². The number of likely N-dealkylation sites (N-methyl/N-ethyl adjacent to an activating group) is 1. The van der Waals surface area contributed by atoms with E-state index in [2.05, 4.69) is 37.5 Å². The highest BCUT2D eigenvalue weighted by Gasteiger charge is 2.19. The van der Waals surface area contributed by atoms with Gasteiger partial charge in [-0.2, -0.15) is 15.0 Å². The molecular formula is C14H27N7. The molecule has 0 saturated carbocycles. The number of rotatable bonds is 6. The Kier molecular flexibility index (Phi) is 5.55. The van der Waals surface area contributed by atoms with E-state index in [9.17, 15) is 0 Å². The maximum Gasteiger partial charge on any atom is 0.231 e. The summed E-state index contributed by atoms with van der Waals surface area (Å²) in [6.07, 6.45) is 3.84. The molecule has 7 heteroatoms. The fraction of sp³-hybridized carbons (Fsp3) is 0.786. The molecule has 0 spiro atoms. The molecule has 0 aromatic carbocycles. The first kappa shape index (κ1) is 15.8. The molecule has 1 atom stereocenters. The van der Waals surface area contributed by atoms with Crippen LogP contribution in [0.1, 0.15) is 26.2 Å². The number of aromatic nitrogens is 3. The third-order valence-electron chi connectivity index (χ3n) is 3.78. The zero-order valence-electron chi connectivity index (χ0n) is 13.6. The van der Waals surface area contributed by atoms with Gasteiger partial charge in [0.15, 0.2) is 0 Å². The van der Waals surface area contributed by atoms with Crippen LogP contribution in [0.25, 0.3) is 0 Å². The molecule has 7 nitrogen and oxygen atoms in total. The van der Waals surface area contributed by atoms with Gasteiger partial charge >= 0.3 is 0 Å². The van der Waals surface area contributed by atoms with Gasteiger partial charge in [-0.1, -0.05) is 6.42 Å². The summed E-state index contributed by atoms with van der Waals surface area (Å²) in [6.45, 7) is 4.87. The zero-order valence-corrected chi connectivity index (χ0v) is 13.6. The third kappa shape index (κ3) is 4.42. The molecular weight excluding hydrogens is 266 g/mol. The fourth-order valence-corrected chi connectivity index (χ4v) is 2.49. The Labute approximate surface area is 127 Å². The highest BCUT2D eigenvalue weighted by molar-refractivity contribution is 5.42. The maximum absolute atomic E-state index is 4.46. The quantitative estimate of drug-likeness (QED) is 0.818. The number of anilines is 3. The van der Waals surface area contributed by atoms with Crippen molar-refractivity contribution in [3.8, 4) is 0 Å². The first-order chi connectivity index (χ1) is 10.1. The summed E-state index contributed by atoms with van der Waals surface area (Å²) in [4.78, 5) is 17.6. The van der Waals surface area contributed by atoms with E-state index < -0.39 is 0 Å². The highest BCUT2D eigenvalue weighted by atomic mass is 15.3. The van der Waals surface area contributed by atoms with Gasteiger partial charge in [-0.3, -0.25) is 0 Å². The maximum atomic E-state index is 4.46. The predicted molar refractivity (Wildman–Crippen MR) is 87.1 cm³/mol. The van der Waals surface area contributed by atoms with Gasteiger partial charge in [0.25, 0.3) is 0 Å². The molecule has 1 unspecified atom stereocenters. The number of hydrogen-bond donors (Lipinski definition) is 2. The summed E-state index contributed by atoms with van der Waals surface area (Å²) in [5.74, 6) is 1.93. The lowest BCUT2D eigenvalue weighted by Crippen LogP contribution is -2.41. The van der Waals surface area contributed by atoms with Crippen LogP contribution in [0.15, 0.2) is 0 Å². The fourth-order valence-electron chi connectivity index (χ4n) is 2.49. The van der Waals surface area contributed by atoms with Crippen LogP contribution < -0.4 is 15.5 Å². The highest BCUT2D eigenvalue weighted by Crippen LogP contribution is 2.16. The average Bonchev–Trinajstić information content (AvgIpc) is 2.46. The molecule has 1 fully saturated rings. The molecule has 2 heterocycles. The van der Waals surface area contributed by atoms with E-state index in [0.29, 0.717) is 23.9 Å². The second-order valence-corrected chi connectivity index (χ2v) is 5.72. The molecule has 1 aliphatic rings. The van der Waals surface area contributed by atoms with Gasteiger partial charge in [0.2, 0.25) is 17.8 Å². The van der Waals surface area contributed by atoms with E-state index in [0.717, 1.165) is 13.1 Å². The lowest BCUT2D eigenvalue weighted by molar-refractivity contribution is 0.194. The molecule has 0 amide bonds. The molecule has 2 N–H and O–H groups in total. The molecule has 21 heavy (non-hydrogen) atoms. The van der Waals surface area contributed by atoms with Crippen molar-refractivity contribution >= 4 is 17.8 Å². The molecule has 118 valence electrons. The van der Waals surface area contributed by atoms with Crippen molar-refractivity contribution in [3.63, 3.8) is 0 Å². The normalized spacial score (nSPS) is 19.3. The van der Waals surface area contributed by atoms with Gasteiger partial charge < -0.3 is 20.4 Å². The van der Waals surface area contributed by atoms with E-state index in [1.54, 1.807) is 0 Å². The van der Waals surface area contributed by atoms with Crippen molar-refractivity contribution in [1.82, 2.24) is 19.9 Å². The molecule has 0 bridgehead atoms. The lowest BCUT2D eigenvalue weighted by atomic mass is 10.0. The SMILES string of the molecule is CCNc1nc(NCC2CCCCN2C)nc(N(C)C)n1. The minimum absolute atomic E-state index is 0.556.